The van der Waals surface area contributed by atoms with Crippen LogP contribution in [0.4, 0.5) is 8.78 Å². The van der Waals surface area contributed by atoms with Gasteiger partial charge < -0.3 is 24.6 Å². The molecule has 0 saturated carbocycles. The summed E-state index contributed by atoms with van der Waals surface area (Å²) in [6.07, 6.45) is 0.472. The Hall–Kier alpha value is -3.36. The molecule has 0 unspecified atom stereocenters. The number of rotatable bonds is 10. The van der Waals surface area contributed by atoms with E-state index >= 15 is 0 Å². The van der Waals surface area contributed by atoms with Gasteiger partial charge in [0.25, 0.3) is 5.91 Å². The maximum Gasteiger partial charge on any atom is 0.387 e. The highest BCUT2D eigenvalue weighted by Gasteiger charge is 2.20. The number of aliphatic carboxylic acids is 1. The minimum atomic E-state index is -3.09. The standard InChI is InChI=1S/C19H19F2NO6/c1-26-15-4-2-3-14(17(15)28-19(20)21)18(25)22-10-9-12-5-7-13(8-6-12)27-11-16(23)24/h2-8,19H,9-11H2,1H3,(H,22,25)(H,23,24). The van der Waals surface area contributed by atoms with E-state index in [0.717, 1.165) is 5.56 Å². The van der Waals surface area contributed by atoms with Crippen molar-refractivity contribution in [3.8, 4) is 17.2 Å². The summed E-state index contributed by atoms with van der Waals surface area (Å²) in [7, 11) is 1.29. The largest absolute Gasteiger partial charge is 0.493 e. The zero-order chi connectivity index (χ0) is 20.5. The number of carbonyl (C=O) groups excluding carboxylic acids is 1. The fourth-order valence-electron chi connectivity index (χ4n) is 2.38. The molecule has 2 rings (SSSR count). The number of halogens is 2. The van der Waals surface area contributed by atoms with Crippen LogP contribution in [0.3, 0.4) is 0 Å². The number of carboxylic acids is 1. The maximum absolute atomic E-state index is 12.6. The first-order valence-corrected chi connectivity index (χ1v) is 8.24. The molecule has 0 aliphatic rings. The number of amides is 1. The Morgan fingerprint density at radius 3 is 2.46 bits per heavy atom. The zero-order valence-electron chi connectivity index (χ0n) is 15.0. The molecule has 28 heavy (non-hydrogen) atoms. The van der Waals surface area contributed by atoms with Crippen molar-refractivity contribution in [1.82, 2.24) is 5.32 Å². The number of ether oxygens (including phenoxy) is 3. The number of carboxylic acid groups (broad SMARTS) is 1. The molecule has 0 saturated heterocycles. The van der Waals surface area contributed by atoms with Gasteiger partial charge in [-0.3, -0.25) is 4.79 Å². The quantitative estimate of drug-likeness (QED) is 0.643. The Morgan fingerprint density at radius 1 is 1.14 bits per heavy atom. The molecule has 0 spiro atoms. The number of hydrogen-bond donors (Lipinski definition) is 2. The summed E-state index contributed by atoms with van der Waals surface area (Å²) in [4.78, 5) is 22.8. The molecule has 0 fully saturated rings. The molecule has 0 aromatic heterocycles. The predicted octanol–water partition coefficient (Wildman–Crippen LogP) is 2.73. The Balaban J connectivity index is 1.94. The van der Waals surface area contributed by atoms with E-state index in [1.165, 1.54) is 25.3 Å². The summed E-state index contributed by atoms with van der Waals surface area (Å²) in [5.74, 6) is -1.52. The van der Waals surface area contributed by atoms with Crippen molar-refractivity contribution >= 4 is 11.9 Å². The molecule has 0 bridgehead atoms. The van der Waals surface area contributed by atoms with Crippen LogP contribution in [-0.4, -0.2) is 43.9 Å². The van der Waals surface area contributed by atoms with Gasteiger partial charge in [-0.1, -0.05) is 18.2 Å². The van der Waals surface area contributed by atoms with Gasteiger partial charge in [0.15, 0.2) is 18.1 Å². The highest BCUT2D eigenvalue weighted by molar-refractivity contribution is 5.97. The van der Waals surface area contributed by atoms with Crippen LogP contribution in [0.2, 0.25) is 0 Å². The van der Waals surface area contributed by atoms with E-state index in [1.54, 1.807) is 24.3 Å². The van der Waals surface area contributed by atoms with E-state index < -0.39 is 25.1 Å². The van der Waals surface area contributed by atoms with Crippen molar-refractivity contribution in [2.45, 2.75) is 13.0 Å². The second kappa shape index (κ2) is 10.1. The molecule has 0 aliphatic carbocycles. The molecule has 1 amide bonds. The summed E-state index contributed by atoms with van der Waals surface area (Å²) >= 11 is 0. The Bertz CT molecular complexity index is 811. The van der Waals surface area contributed by atoms with Crippen molar-refractivity contribution in [2.24, 2.45) is 0 Å². The summed E-state index contributed by atoms with van der Waals surface area (Å²) in [5.41, 5.74) is 0.815. The molecular weight excluding hydrogens is 376 g/mol. The SMILES string of the molecule is COc1cccc(C(=O)NCCc2ccc(OCC(=O)O)cc2)c1OC(F)F. The average molecular weight is 395 g/mol. The normalized spacial score (nSPS) is 10.4. The number of para-hydroxylation sites is 1. The number of methoxy groups -OCH3 is 1. The molecular formula is C19H19F2NO6. The zero-order valence-corrected chi connectivity index (χ0v) is 15.0. The van der Waals surface area contributed by atoms with Gasteiger partial charge in [0.1, 0.15) is 5.75 Å². The van der Waals surface area contributed by atoms with Gasteiger partial charge in [-0.25, -0.2) is 4.79 Å². The average Bonchev–Trinajstić information content (AvgIpc) is 2.67. The number of alkyl halides is 2. The van der Waals surface area contributed by atoms with Crippen LogP contribution in [0.25, 0.3) is 0 Å². The molecule has 9 heteroatoms. The van der Waals surface area contributed by atoms with Gasteiger partial charge in [0.05, 0.1) is 12.7 Å². The number of nitrogens with one attached hydrogen (secondary N) is 1. The van der Waals surface area contributed by atoms with Crippen LogP contribution in [-0.2, 0) is 11.2 Å². The second-order valence-corrected chi connectivity index (χ2v) is 5.55. The molecule has 0 radical (unpaired) electrons. The van der Waals surface area contributed by atoms with E-state index in [9.17, 15) is 18.4 Å². The minimum Gasteiger partial charge on any atom is -0.493 e. The molecule has 0 atom stereocenters. The van der Waals surface area contributed by atoms with Crippen molar-refractivity contribution in [1.29, 1.82) is 0 Å². The third kappa shape index (κ3) is 6.11. The molecule has 7 nitrogen and oxygen atoms in total. The van der Waals surface area contributed by atoms with Crippen molar-refractivity contribution in [2.75, 3.05) is 20.3 Å². The lowest BCUT2D eigenvalue weighted by atomic mass is 10.1. The lowest BCUT2D eigenvalue weighted by Crippen LogP contribution is -2.26. The predicted molar refractivity (Wildman–Crippen MR) is 95.2 cm³/mol. The summed E-state index contributed by atoms with van der Waals surface area (Å²) in [6, 6.07) is 11.0. The fraction of sp³-hybridized carbons (Fsp3) is 0.263. The molecule has 2 aromatic rings. The van der Waals surface area contributed by atoms with Crippen LogP contribution < -0.4 is 19.5 Å². The van der Waals surface area contributed by atoms with Gasteiger partial charge in [-0.05, 0) is 36.2 Å². The molecule has 2 N–H and O–H groups in total. The minimum absolute atomic E-state index is 0.0323. The van der Waals surface area contributed by atoms with E-state index in [4.69, 9.17) is 14.6 Å². The van der Waals surface area contributed by atoms with E-state index in [2.05, 4.69) is 10.1 Å². The number of hydrogen-bond acceptors (Lipinski definition) is 5. The third-order valence-electron chi connectivity index (χ3n) is 3.64. The van der Waals surface area contributed by atoms with Crippen molar-refractivity contribution in [3.63, 3.8) is 0 Å². The third-order valence-corrected chi connectivity index (χ3v) is 3.64. The van der Waals surface area contributed by atoms with Gasteiger partial charge in [0, 0.05) is 6.54 Å². The lowest BCUT2D eigenvalue weighted by molar-refractivity contribution is -0.139. The van der Waals surface area contributed by atoms with Crippen LogP contribution in [0.15, 0.2) is 42.5 Å². The van der Waals surface area contributed by atoms with Crippen LogP contribution in [0.1, 0.15) is 15.9 Å². The highest BCUT2D eigenvalue weighted by atomic mass is 19.3. The second-order valence-electron chi connectivity index (χ2n) is 5.55. The summed E-state index contributed by atoms with van der Waals surface area (Å²) in [5, 5.41) is 11.2. The van der Waals surface area contributed by atoms with E-state index in [-0.39, 0.29) is 23.6 Å². The monoisotopic (exact) mass is 395 g/mol. The molecule has 0 heterocycles. The van der Waals surface area contributed by atoms with Gasteiger partial charge in [-0.2, -0.15) is 8.78 Å². The number of carbonyl (C=O) groups is 2. The summed E-state index contributed by atoms with van der Waals surface area (Å²) in [6.45, 7) is -3.27. The Kier molecular flexibility index (Phi) is 7.55. The Labute approximate surface area is 159 Å². The first kappa shape index (κ1) is 20.9. The topological polar surface area (TPSA) is 94.1 Å². The van der Waals surface area contributed by atoms with Crippen LogP contribution in [0, 0.1) is 0 Å². The first-order valence-electron chi connectivity index (χ1n) is 8.24. The van der Waals surface area contributed by atoms with E-state index in [0.29, 0.717) is 12.2 Å². The van der Waals surface area contributed by atoms with Crippen molar-refractivity contribution in [3.05, 3.63) is 53.6 Å². The molecule has 150 valence electrons. The van der Waals surface area contributed by atoms with Crippen LogP contribution in [0.5, 0.6) is 17.2 Å². The molecule has 0 aliphatic heterocycles. The lowest BCUT2D eigenvalue weighted by Gasteiger charge is -2.14. The van der Waals surface area contributed by atoms with Crippen LogP contribution >= 0.6 is 0 Å². The Morgan fingerprint density at radius 2 is 1.86 bits per heavy atom. The first-order chi connectivity index (χ1) is 13.4. The number of benzene rings is 2. The van der Waals surface area contributed by atoms with Gasteiger partial charge in [0.2, 0.25) is 0 Å². The summed E-state index contributed by atoms with van der Waals surface area (Å²) < 4.78 is 39.7. The van der Waals surface area contributed by atoms with Gasteiger partial charge >= 0.3 is 12.6 Å². The highest BCUT2D eigenvalue weighted by Crippen LogP contribution is 2.32. The van der Waals surface area contributed by atoms with E-state index in [1.807, 2.05) is 0 Å². The van der Waals surface area contributed by atoms with Gasteiger partial charge in [-0.15, -0.1) is 0 Å². The van der Waals surface area contributed by atoms with Crippen molar-refractivity contribution < 1.29 is 37.7 Å². The smallest absolute Gasteiger partial charge is 0.387 e. The maximum atomic E-state index is 12.6. The molecule has 2 aromatic carbocycles. The fourth-order valence-corrected chi connectivity index (χ4v) is 2.38.